The topological polar surface area (TPSA) is 70.6 Å². The number of imide groups is 1. The maximum Gasteiger partial charge on any atom is 0.261 e. The molecule has 0 saturated carbocycles. The molecule has 2 aromatic rings. The van der Waals surface area contributed by atoms with Crippen molar-refractivity contribution in [3.63, 3.8) is 0 Å². The third-order valence-corrected chi connectivity index (χ3v) is 6.24. The molecular weight excluding hydrogens is 362 g/mol. The number of amides is 3. The van der Waals surface area contributed by atoms with Crippen molar-refractivity contribution in [2.45, 2.75) is 31.6 Å². The van der Waals surface area contributed by atoms with E-state index in [-0.39, 0.29) is 24.3 Å². The highest BCUT2D eigenvalue weighted by atomic mass is 32.1. The number of hydrogen-bond donors (Lipinski definition) is 0. The SMILES string of the molecule is O=C(CCCN1C(=O)c2ccccc2C1=O)N1CCC(c2nccs2)CC1. The molecule has 1 aromatic carbocycles. The number of thiazole rings is 1. The highest BCUT2D eigenvalue weighted by Gasteiger charge is 2.34. The molecule has 3 heterocycles. The second-order valence-corrected chi connectivity index (χ2v) is 7.86. The van der Waals surface area contributed by atoms with Gasteiger partial charge in [0.25, 0.3) is 11.8 Å². The molecule has 2 aliphatic heterocycles. The summed E-state index contributed by atoms with van der Waals surface area (Å²) in [6.07, 6.45) is 4.57. The molecule has 2 aliphatic rings. The standard InChI is InChI=1S/C20H21N3O3S/c24-17(22-11-7-14(8-12-22)18-21-9-13-27-18)6-3-10-23-19(25)15-4-1-2-5-16(15)20(23)26/h1-2,4-5,9,13-14H,3,6-8,10-12H2. The van der Waals surface area contributed by atoms with Crippen LogP contribution < -0.4 is 0 Å². The van der Waals surface area contributed by atoms with Crippen molar-refractivity contribution in [2.75, 3.05) is 19.6 Å². The van der Waals surface area contributed by atoms with E-state index in [0.717, 1.165) is 30.9 Å². The summed E-state index contributed by atoms with van der Waals surface area (Å²) in [4.78, 5) is 44.7. The molecule has 0 unspecified atom stereocenters. The average molecular weight is 383 g/mol. The Labute approximate surface area is 161 Å². The Bertz CT molecular complexity index is 822. The van der Waals surface area contributed by atoms with Gasteiger partial charge >= 0.3 is 0 Å². The molecule has 3 amide bonds. The van der Waals surface area contributed by atoms with E-state index in [1.165, 1.54) is 4.90 Å². The van der Waals surface area contributed by atoms with Crippen LogP contribution in [0, 0.1) is 0 Å². The molecule has 0 radical (unpaired) electrons. The predicted molar refractivity (Wildman–Crippen MR) is 102 cm³/mol. The first-order valence-corrected chi connectivity index (χ1v) is 10.2. The van der Waals surface area contributed by atoms with E-state index < -0.39 is 0 Å². The normalized spacial score (nSPS) is 17.5. The fraction of sp³-hybridized carbons (Fsp3) is 0.400. The van der Waals surface area contributed by atoms with Crippen LogP contribution in [0.4, 0.5) is 0 Å². The predicted octanol–water partition coefficient (Wildman–Crippen LogP) is 2.93. The number of carbonyl (C=O) groups is 3. The number of hydrogen-bond acceptors (Lipinski definition) is 5. The number of likely N-dealkylation sites (tertiary alicyclic amines) is 1. The summed E-state index contributed by atoms with van der Waals surface area (Å²) in [5.41, 5.74) is 0.913. The fourth-order valence-electron chi connectivity index (χ4n) is 3.80. The molecule has 0 aliphatic carbocycles. The van der Waals surface area contributed by atoms with Crippen LogP contribution in [0.2, 0.25) is 0 Å². The molecule has 27 heavy (non-hydrogen) atoms. The second kappa shape index (κ2) is 7.60. The number of benzene rings is 1. The Balaban J connectivity index is 1.25. The summed E-state index contributed by atoms with van der Waals surface area (Å²) in [6, 6.07) is 6.86. The van der Waals surface area contributed by atoms with Crippen LogP contribution in [0.3, 0.4) is 0 Å². The van der Waals surface area contributed by atoms with Crippen molar-refractivity contribution in [1.29, 1.82) is 0 Å². The summed E-state index contributed by atoms with van der Waals surface area (Å²) < 4.78 is 0. The lowest BCUT2D eigenvalue weighted by atomic mass is 9.97. The van der Waals surface area contributed by atoms with E-state index in [1.807, 2.05) is 16.5 Å². The van der Waals surface area contributed by atoms with Crippen LogP contribution in [-0.4, -0.2) is 52.1 Å². The first-order chi connectivity index (χ1) is 13.1. The van der Waals surface area contributed by atoms with E-state index in [4.69, 9.17) is 0 Å². The van der Waals surface area contributed by atoms with Gasteiger partial charge in [0.1, 0.15) is 0 Å². The molecule has 140 valence electrons. The Morgan fingerprint density at radius 3 is 2.37 bits per heavy atom. The largest absolute Gasteiger partial charge is 0.343 e. The number of rotatable bonds is 5. The molecule has 1 fully saturated rings. The number of nitrogens with zero attached hydrogens (tertiary/aromatic N) is 3. The van der Waals surface area contributed by atoms with Crippen molar-refractivity contribution in [3.05, 3.63) is 52.0 Å². The summed E-state index contributed by atoms with van der Waals surface area (Å²) in [7, 11) is 0. The van der Waals surface area contributed by atoms with Gasteiger partial charge in [0.15, 0.2) is 0 Å². The quantitative estimate of drug-likeness (QED) is 0.745. The minimum absolute atomic E-state index is 0.101. The molecule has 6 nitrogen and oxygen atoms in total. The minimum atomic E-state index is -0.257. The third kappa shape index (κ3) is 3.51. The third-order valence-electron chi connectivity index (χ3n) is 5.30. The van der Waals surface area contributed by atoms with Crippen molar-refractivity contribution < 1.29 is 14.4 Å². The zero-order valence-corrected chi connectivity index (χ0v) is 15.8. The summed E-state index contributed by atoms with van der Waals surface area (Å²) >= 11 is 1.68. The molecule has 4 rings (SSSR count). The van der Waals surface area contributed by atoms with Crippen molar-refractivity contribution >= 4 is 29.1 Å². The van der Waals surface area contributed by atoms with Gasteiger partial charge in [-0.15, -0.1) is 11.3 Å². The van der Waals surface area contributed by atoms with Gasteiger partial charge in [-0.3, -0.25) is 19.3 Å². The minimum Gasteiger partial charge on any atom is -0.343 e. The summed E-state index contributed by atoms with van der Waals surface area (Å²) in [5.74, 6) is 0.0382. The van der Waals surface area contributed by atoms with Gasteiger partial charge in [-0.05, 0) is 31.4 Å². The molecular formula is C20H21N3O3S. The Morgan fingerprint density at radius 2 is 1.78 bits per heavy atom. The maximum atomic E-state index is 12.5. The van der Waals surface area contributed by atoms with Gasteiger partial charge in [-0.1, -0.05) is 12.1 Å². The van der Waals surface area contributed by atoms with Crippen LogP contribution in [0.5, 0.6) is 0 Å². The van der Waals surface area contributed by atoms with Crippen molar-refractivity contribution in [3.8, 4) is 0 Å². The smallest absolute Gasteiger partial charge is 0.261 e. The fourth-order valence-corrected chi connectivity index (χ4v) is 4.61. The maximum absolute atomic E-state index is 12.5. The zero-order chi connectivity index (χ0) is 18.8. The molecule has 0 spiro atoms. The molecule has 1 aromatic heterocycles. The Hall–Kier alpha value is -2.54. The van der Waals surface area contributed by atoms with Gasteiger partial charge < -0.3 is 4.90 Å². The van der Waals surface area contributed by atoms with Crippen LogP contribution in [0.1, 0.15) is 57.3 Å². The zero-order valence-electron chi connectivity index (χ0n) is 15.0. The number of fused-ring (bicyclic) bond motifs is 1. The number of carbonyl (C=O) groups excluding carboxylic acids is 3. The highest BCUT2D eigenvalue weighted by Crippen LogP contribution is 2.29. The highest BCUT2D eigenvalue weighted by molar-refractivity contribution is 7.09. The van der Waals surface area contributed by atoms with Gasteiger partial charge in [-0.25, -0.2) is 4.98 Å². The number of aromatic nitrogens is 1. The lowest BCUT2D eigenvalue weighted by Crippen LogP contribution is -2.38. The van der Waals surface area contributed by atoms with Crippen LogP contribution >= 0.6 is 11.3 Å². The molecule has 0 bridgehead atoms. The molecule has 0 N–H and O–H groups in total. The van der Waals surface area contributed by atoms with E-state index in [9.17, 15) is 14.4 Å². The lowest BCUT2D eigenvalue weighted by molar-refractivity contribution is -0.132. The van der Waals surface area contributed by atoms with E-state index in [2.05, 4.69) is 4.98 Å². The van der Waals surface area contributed by atoms with Gasteiger partial charge in [-0.2, -0.15) is 0 Å². The Kier molecular flexibility index (Phi) is 5.03. The first-order valence-electron chi connectivity index (χ1n) is 9.27. The van der Waals surface area contributed by atoms with Gasteiger partial charge in [0, 0.05) is 43.5 Å². The monoisotopic (exact) mass is 383 g/mol. The molecule has 7 heteroatoms. The van der Waals surface area contributed by atoms with E-state index >= 15 is 0 Å². The van der Waals surface area contributed by atoms with Crippen molar-refractivity contribution in [2.24, 2.45) is 0 Å². The second-order valence-electron chi connectivity index (χ2n) is 6.94. The number of piperidine rings is 1. The van der Waals surface area contributed by atoms with Crippen LogP contribution in [-0.2, 0) is 4.79 Å². The Morgan fingerprint density at radius 1 is 1.11 bits per heavy atom. The molecule has 0 atom stereocenters. The van der Waals surface area contributed by atoms with Gasteiger partial charge in [0.2, 0.25) is 5.91 Å². The summed E-state index contributed by atoms with van der Waals surface area (Å²) in [6.45, 7) is 1.78. The van der Waals surface area contributed by atoms with Crippen molar-refractivity contribution in [1.82, 2.24) is 14.8 Å². The van der Waals surface area contributed by atoms with Gasteiger partial charge in [0.05, 0.1) is 16.1 Å². The molecule has 1 saturated heterocycles. The summed E-state index contributed by atoms with van der Waals surface area (Å²) in [5, 5.41) is 3.15. The van der Waals surface area contributed by atoms with E-state index in [0.29, 0.717) is 29.9 Å². The van der Waals surface area contributed by atoms with E-state index in [1.54, 1.807) is 35.6 Å². The first kappa shape index (κ1) is 17.9. The van der Waals surface area contributed by atoms with Crippen LogP contribution in [0.15, 0.2) is 35.8 Å². The average Bonchev–Trinajstić information content (AvgIpc) is 3.32. The van der Waals surface area contributed by atoms with Crippen LogP contribution in [0.25, 0.3) is 0 Å². The lowest BCUT2D eigenvalue weighted by Gasteiger charge is -2.31.